The van der Waals surface area contributed by atoms with E-state index in [0.29, 0.717) is 42.3 Å². The zero-order chi connectivity index (χ0) is 27.2. The van der Waals surface area contributed by atoms with Crippen LogP contribution in [-0.2, 0) is 6.54 Å². The molecule has 0 aliphatic carbocycles. The van der Waals surface area contributed by atoms with Gasteiger partial charge in [-0.2, -0.15) is 5.10 Å². The van der Waals surface area contributed by atoms with Crippen molar-refractivity contribution >= 4 is 16.8 Å². The van der Waals surface area contributed by atoms with E-state index >= 15 is 0 Å². The Morgan fingerprint density at radius 1 is 1.03 bits per heavy atom. The van der Waals surface area contributed by atoms with Gasteiger partial charge in [0.15, 0.2) is 5.82 Å². The third-order valence-corrected chi connectivity index (χ3v) is 6.83. The molecule has 0 aliphatic rings. The van der Waals surface area contributed by atoms with Crippen LogP contribution in [0.2, 0.25) is 0 Å². The molecule has 9 heteroatoms. The van der Waals surface area contributed by atoms with Crippen LogP contribution < -0.4 is 10.6 Å². The van der Waals surface area contributed by atoms with Gasteiger partial charge in [0.25, 0.3) is 5.91 Å². The van der Waals surface area contributed by atoms with Crippen molar-refractivity contribution in [3.63, 3.8) is 0 Å². The summed E-state index contributed by atoms with van der Waals surface area (Å²) in [6.45, 7) is 6.44. The van der Waals surface area contributed by atoms with E-state index < -0.39 is 0 Å². The van der Waals surface area contributed by atoms with Crippen LogP contribution in [0.1, 0.15) is 41.4 Å². The minimum atomic E-state index is -0.245. The minimum absolute atomic E-state index is 0.100. The maximum Gasteiger partial charge on any atom is 0.270 e. The van der Waals surface area contributed by atoms with Crippen molar-refractivity contribution in [1.82, 2.24) is 35.8 Å². The number of amides is 1. The Balaban J connectivity index is 1.55. The van der Waals surface area contributed by atoms with Crippen molar-refractivity contribution < 1.29 is 9.90 Å². The highest BCUT2D eigenvalue weighted by Gasteiger charge is 2.22. The van der Waals surface area contributed by atoms with Gasteiger partial charge in [0.1, 0.15) is 17.1 Å². The zero-order valence-electron chi connectivity index (χ0n) is 22.2. The molecule has 3 heterocycles. The standard InChI is InChI=1S/C30H33N7O2/c1-3-31-16-22-17-32-18-24(19(22)2)21-11-12-25-23(15-21)27(37-36-25)29-34-26(20-9-5-4-6-10-20)28(35-29)30(39)33-13-7-8-14-38/h4-6,9-12,15,17-18,31,38H,3,7-8,13-14,16H2,1-2H3,(H,33,39)(H,34,35)(H,36,37). The molecule has 0 aliphatic heterocycles. The normalized spacial score (nSPS) is 11.3. The van der Waals surface area contributed by atoms with Crippen molar-refractivity contribution in [1.29, 1.82) is 0 Å². The SMILES string of the molecule is CCNCc1cncc(-c2ccc3[nH]nc(-c4nc(-c5ccccc5)c(C(=O)NCCCCO)[nH]4)c3c2)c1C. The highest BCUT2D eigenvalue weighted by molar-refractivity contribution is 6.00. The molecular weight excluding hydrogens is 490 g/mol. The molecule has 3 aromatic heterocycles. The second-order valence-corrected chi connectivity index (χ2v) is 9.45. The van der Waals surface area contributed by atoms with E-state index in [1.807, 2.05) is 48.8 Å². The first-order valence-electron chi connectivity index (χ1n) is 13.3. The third kappa shape index (κ3) is 5.59. The van der Waals surface area contributed by atoms with E-state index in [-0.39, 0.29) is 12.5 Å². The smallest absolute Gasteiger partial charge is 0.270 e. The average Bonchev–Trinajstić information content (AvgIpc) is 3.59. The molecule has 1 amide bonds. The molecule has 0 spiro atoms. The van der Waals surface area contributed by atoms with E-state index in [9.17, 15) is 4.79 Å². The van der Waals surface area contributed by atoms with Crippen LogP contribution in [0.25, 0.3) is 44.8 Å². The van der Waals surface area contributed by atoms with Crippen LogP contribution in [0.5, 0.6) is 0 Å². The van der Waals surface area contributed by atoms with Crippen LogP contribution in [0.3, 0.4) is 0 Å². The summed E-state index contributed by atoms with van der Waals surface area (Å²) in [6, 6.07) is 15.8. The van der Waals surface area contributed by atoms with E-state index in [1.165, 1.54) is 5.56 Å². The molecular formula is C30H33N7O2. The quantitative estimate of drug-likeness (QED) is 0.161. The number of imidazole rings is 1. The molecule has 5 N–H and O–H groups in total. The number of carbonyl (C=O) groups excluding carboxylic acids is 1. The van der Waals surface area contributed by atoms with Gasteiger partial charge in [-0.05, 0) is 55.1 Å². The number of unbranched alkanes of at least 4 members (excludes halogenated alkanes) is 1. The van der Waals surface area contributed by atoms with Gasteiger partial charge in [0.2, 0.25) is 0 Å². The first-order chi connectivity index (χ1) is 19.1. The summed E-state index contributed by atoms with van der Waals surface area (Å²) in [7, 11) is 0. The average molecular weight is 524 g/mol. The lowest BCUT2D eigenvalue weighted by Crippen LogP contribution is -2.25. The van der Waals surface area contributed by atoms with Crippen LogP contribution in [0.4, 0.5) is 0 Å². The van der Waals surface area contributed by atoms with Gasteiger partial charge in [-0.15, -0.1) is 0 Å². The Morgan fingerprint density at radius 2 is 1.87 bits per heavy atom. The first kappa shape index (κ1) is 26.3. The number of carbonyl (C=O) groups is 1. The van der Waals surface area contributed by atoms with E-state index in [0.717, 1.165) is 46.2 Å². The molecule has 5 rings (SSSR count). The number of fused-ring (bicyclic) bond motifs is 1. The second kappa shape index (κ2) is 12.0. The number of H-pyrrole nitrogens is 2. The predicted octanol–water partition coefficient (Wildman–Crippen LogP) is 4.60. The summed E-state index contributed by atoms with van der Waals surface area (Å²) in [5.74, 6) is 0.263. The first-order valence-corrected chi connectivity index (χ1v) is 13.3. The summed E-state index contributed by atoms with van der Waals surface area (Å²) in [6.07, 6.45) is 5.13. The number of aromatic nitrogens is 5. The second-order valence-electron chi connectivity index (χ2n) is 9.45. The molecule has 0 fully saturated rings. The molecule has 0 radical (unpaired) electrons. The number of aromatic amines is 2. The number of rotatable bonds is 11. The summed E-state index contributed by atoms with van der Waals surface area (Å²) in [5.41, 5.74) is 7.72. The van der Waals surface area contributed by atoms with Crippen molar-refractivity contribution in [3.05, 3.63) is 77.7 Å². The fraction of sp³-hybridized carbons (Fsp3) is 0.267. The molecule has 0 unspecified atom stereocenters. The molecule has 0 atom stereocenters. The van der Waals surface area contributed by atoms with Crippen LogP contribution in [0, 0.1) is 6.92 Å². The molecule has 0 bridgehead atoms. The van der Waals surface area contributed by atoms with Crippen molar-refractivity contribution in [3.8, 4) is 33.9 Å². The lowest BCUT2D eigenvalue weighted by atomic mass is 9.98. The van der Waals surface area contributed by atoms with Gasteiger partial charge in [0.05, 0.1) is 5.52 Å². The Bertz CT molecular complexity index is 1570. The number of aliphatic hydroxyl groups excluding tert-OH is 1. The molecule has 9 nitrogen and oxygen atoms in total. The largest absolute Gasteiger partial charge is 0.396 e. The van der Waals surface area contributed by atoms with Gasteiger partial charge in [-0.3, -0.25) is 14.9 Å². The van der Waals surface area contributed by atoms with Crippen LogP contribution >= 0.6 is 0 Å². The number of nitrogens with one attached hydrogen (secondary N) is 4. The van der Waals surface area contributed by atoms with Crippen LogP contribution in [0.15, 0.2) is 60.9 Å². The molecule has 5 aromatic rings. The van der Waals surface area contributed by atoms with Gasteiger partial charge >= 0.3 is 0 Å². The van der Waals surface area contributed by atoms with Crippen molar-refractivity contribution in [2.75, 3.05) is 19.7 Å². The van der Waals surface area contributed by atoms with E-state index in [2.05, 4.69) is 56.8 Å². The number of pyridine rings is 1. The van der Waals surface area contributed by atoms with E-state index in [1.54, 1.807) is 0 Å². The number of nitrogens with zero attached hydrogens (tertiary/aromatic N) is 3. The summed E-state index contributed by atoms with van der Waals surface area (Å²) >= 11 is 0. The molecule has 200 valence electrons. The Morgan fingerprint density at radius 3 is 2.67 bits per heavy atom. The topological polar surface area (TPSA) is 132 Å². The van der Waals surface area contributed by atoms with E-state index in [4.69, 9.17) is 10.1 Å². The summed E-state index contributed by atoms with van der Waals surface area (Å²) in [5, 5.41) is 23.9. The van der Waals surface area contributed by atoms with Crippen molar-refractivity contribution in [2.24, 2.45) is 0 Å². The van der Waals surface area contributed by atoms with Gasteiger partial charge < -0.3 is 20.7 Å². The molecule has 0 saturated heterocycles. The molecule has 39 heavy (non-hydrogen) atoms. The fourth-order valence-corrected chi connectivity index (χ4v) is 4.64. The van der Waals surface area contributed by atoms with Gasteiger partial charge in [0, 0.05) is 48.6 Å². The van der Waals surface area contributed by atoms with Crippen LogP contribution in [-0.4, -0.2) is 55.9 Å². The number of benzene rings is 2. The monoisotopic (exact) mass is 523 g/mol. The summed E-state index contributed by atoms with van der Waals surface area (Å²) < 4.78 is 0. The third-order valence-electron chi connectivity index (χ3n) is 6.83. The molecule has 2 aromatic carbocycles. The Hall–Kier alpha value is -4.34. The number of hydrogen-bond donors (Lipinski definition) is 5. The highest BCUT2D eigenvalue weighted by atomic mass is 16.3. The Kier molecular flexibility index (Phi) is 8.10. The lowest BCUT2D eigenvalue weighted by Gasteiger charge is -2.11. The maximum atomic E-state index is 13.1. The molecule has 0 saturated carbocycles. The lowest BCUT2D eigenvalue weighted by molar-refractivity contribution is 0.0948. The Labute approximate surface area is 227 Å². The van der Waals surface area contributed by atoms with Crippen molar-refractivity contribution in [2.45, 2.75) is 33.2 Å². The zero-order valence-corrected chi connectivity index (χ0v) is 22.2. The predicted molar refractivity (Wildman–Crippen MR) is 153 cm³/mol. The summed E-state index contributed by atoms with van der Waals surface area (Å²) in [4.78, 5) is 25.7. The fourth-order valence-electron chi connectivity index (χ4n) is 4.64. The number of hydrogen-bond acceptors (Lipinski definition) is 6. The number of aliphatic hydroxyl groups is 1. The maximum absolute atomic E-state index is 13.1. The van der Waals surface area contributed by atoms with Gasteiger partial charge in [-0.25, -0.2) is 4.98 Å². The highest BCUT2D eigenvalue weighted by Crippen LogP contribution is 2.33. The van der Waals surface area contributed by atoms with Gasteiger partial charge in [-0.1, -0.05) is 43.3 Å². The minimum Gasteiger partial charge on any atom is -0.396 e.